The highest BCUT2D eigenvalue weighted by molar-refractivity contribution is 5.78. The molecule has 0 aliphatic carbocycles. The highest BCUT2D eigenvalue weighted by Gasteiger charge is 2.14. The van der Waals surface area contributed by atoms with Gasteiger partial charge >= 0.3 is 0 Å². The Morgan fingerprint density at radius 3 is 2.30 bits per heavy atom. The molecule has 0 aliphatic rings. The van der Waals surface area contributed by atoms with Crippen molar-refractivity contribution >= 4 is 10.9 Å². The largest absolute Gasteiger partial charge is 0.507 e. The molecule has 3 rings (SSSR count). The molecular formula is C16H16N2O2. The van der Waals surface area contributed by atoms with Crippen molar-refractivity contribution in [3.63, 3.8) is 0 Å². The van der Waals surface area contributed by atoms with Crippen LogP contribution in [-0.2, 0) is 0 Å². The second-order valence-electron chi connectivity index (χ2n) is 5.18. The van der Waals surface area contributed by atoms with E-state index in [-0.39, 0.29) is 17.4 Å². The van der Waals surface area contributed by atoms with Gasteiger partial charge in [-0.3, -0.25) is 0 Å². The Balaban J connectivity index is 2.15. The minimum Gasteiger partial charge on any atom is -0.507 e. The normalized spacial score (nSPS) is 11.3. The maximum atomic E-state index is 10.1. The molecule has 1 aromatic heterocycles. The first-order valence-corrected chi connectivity index (χ1v) is 6.57. The summed E-state index contributed by atoms with van der Waals surface area (Å²) in [6.45, 7) is 3.85. The SMILES string of the molecule is CC(C)c1c(O)cc(-n2cc3ccccc3n2)cc1O. The number of fused-ring (bicyclic) bond motifs is 1. The number of phenols is 2. The van der Waals surface area contributed by atoms with Gasteiger partial charge in [0, 0.05) is 29.3 Å². The van der Waals surface area contributed by atoms with Crippen molar-refractivity contribution in [1.29, 1.82) is 0 Å². The van der Waals surface area contributed by atoms with Crippen molar-refractivity contribution in [2.24, 2.45) is 0 Å². The van der Waals surface area contributed by atoms with E-state index in [0.29, 0.717) is 11.3 Å². The van der Waals surface area contributed by atoms with E-state index in [2.05, 4.69) is 5.10 Å². The van der Waals surface area contributed by atoms with Crippen LogP contribution in [0, 0.1) is 0 Å². The average molecular weight is 268 g/mol. The van der Waals surface area contributed by atoms with E-state index >= 15 is 0 Å². The van der Waals surface area contributed by atoms with Gasteiger partial charge in [0.25, 0.3) is 0 Å². The molecule has 2 aromatic carbocycles. The second-order valence-corrected chi connectivity index (χ2v) is 5.18. The summed E-state index contributed by atoms with van der Waals surface area (Å²) in [5.74, 6) is 0.241. The van der Waals surface area contributed by atoms with Crippen LogP contribution >= 0.6 is 0 Å². The number of benzene rings is 2. The zero-order valence-electron chi connectivity index (χ0n) is 11.4. The summed E-state index contributed by atoms with van der Waals surface area (Å²) < 4.78 is 1.66. The summed E-state index contributed by atoms with van der Waals surface area (Å²) in [4.78, 5) is 0. The van der Waals surface area contributed by atoms with E-state index in [4.69, 9.17) is 0 Å². The summed E-state index contributed by atoms with van der Waals surface area (Å²) in [6, 6.07) is 11.0. The van der Waals surface area contributed by atoms with Crippen molar-refractivity contribution in [1.82, 2.24) is 9.78 Å². The fraction of sp³-hybridized carbons (Fsp3) is 0.188. The lowest BCUT2D eigenvalue weighted by atomic mass is 10.0. The van der Waals surface area contributed by atoms with Crippen LogP contribution in [0.5, 0.6) is 11.5 Å². The molecule has 4 heteroatoms. The first kappa shape index (κ1) is 12.5. The van der Waals surface area contributed by atoms with Crippen LogP contribution in [0.3, 0.4) is 0 Å². The number of rotatable bonds is 2. The van der Waals surface area contributed by atoms with Gasteiger partial charge in [-0.2, -0.15) is 5.10 Å². The number of hydrogen-bond donors (Lipinski definition) is 2. The van der Waals surface area contributed by atoms with Crippen molar-refractivity contribution in [3.05, 3.63) is 48.2 Å². The predicted octanol–water partition coefficient (Wildman–Crippen LogP) is 3.56. The summed E-state index contributed by atoms with van der Waals surface area (Å²) in [6.07, 6.45) is 1.87. The molecule has 0 bridgehead atoms. The molecule has 0 aliphatic heterocycles. The van der Waals surface area contributed by atoms with Crippen LogP contribution in [0.4, 0.5) is 0 Å². The predicted molar refractivity (Wildman–Crippen MR) is 78.5 cm³/mol. The van der Waals surface area contributed by atoms with Gasteiger partial charge in [-0.1, -0.05) is 32.0 Å². The molecule has 0 saturated heterocycles. The summed E-state index contributed by atoms with van der Waals surface area (Å²) in [5.41, 5.74) is 2.07. The molecule has 0 spiro atoms. The third-order valence-corrected chi connectivity index (χ3v) is 3.38. The molecule has 0 radical (unpaired) electrons. The number of aromatic nitrogens is 2. The van der Waals surface area contributed by atoms with Gasteiger partial charge in [-0.05, 0) is 12.0 Å². The van der Waals surface area contributed by atoms with Gasteiger partial charge in [0.1, 0.15) is 11.5 Å². The highest BCUT2D eigenvalue weighted by Crippen LogP contribution is 2.36. The van der Waals surface area contributed by atoms with Crippen LogP contribution in [-0.4, -0.2) is 20.0 Å². The third kappa shape index (κ3) is 1.99. The quantitative estimate of drug-likeness (QED) is 0.747. The highest BCUT2D eigenvalue weighted by atomic mass is 16.3. The maximum Gasteiger partial charge on any atom is 0.124 e. The molecular weight excluding hydrogens is 252 g/mol. The summed E-state index contributed by atoms with van der Waals surface area (Å²) >= 11 is 0. The molecule has 0 unspecified atom stereocenters. The van der Waals surface area contributed by atoms with Crippen LogP contribution < -0.4 is 0 Å². The number of hydrogen-bond acceptors (Lipinski definition) is 3. The standard InChI is InChI=1S/C16H16N2O2/c1-10(2)16-14(19)7-12(8-15(16)20)18-9-11-5-3-4-6-13(11)17-18/h3-10,19-20H,1-2H3. The minimum absolute atomic E-state index is 0.0562. The third-order valence-electron chi connectivity index (χ3n) is 3.38. The van der Waals surface area contributed by atoms with Gasteiger partial charge in [0.05, 0.1) is 11.2 Å². The van der Waals surface area contributed by atoms with Gasteiger partial charge < -0.3 is 10.2 Å². The molecule has 0 atom stereocenters. The fourth-order valence-electron chi connectivity index (χ4n) is 2.43. The van der Waals surface area contributed by atoms with Crippen LogP contribution in [0.15, 0.2) is 42.6 Å². The molecule has 0 saturated carbocycles. The molecule has 0 fully saturated rings. The van der Waals surface area contributed by atoms with Gasteiger partial charge in [-0.25, -0.2) is 4.68 Å². The van der Waals surface area contributed by atoms with E-state index < -0.39 is 0 Å². The first-order valence-electron chi connectivity index (χ1n) is 6.57. The fourth-order valence-corrected chi connectivity index (χ4v) is 2.43. The van der Waals surface area contributed by atoms with E-state index in [0.717, 1.165) is 10.9 Å². The lowest BCUT2D eigenvalue weighted by Crippen LogP contribution is -1.97. The van der Waals surface area contributed by atoms with Crippen molar-refractivity contribution in [2.75, 3.05) is 0 Å². The lowest BCUT2D eigenvalue weighted by Gasteiger charge is -2.12. The van der Waals surface area contributed by atoms with E-state index in [1.54, 1.807) is 16.8 Å². The Labute approximate surface area is 116 Å². The van der Waals surface area contributed by atoms with Crippen LogP contribution in [0.1, 0.15) is 25.3 Å². The van der Waals surface area contributed by atoms with Gasteiger partial charge in [0.15, 0.2) is 0 Å². The Bertz CT molecular complexity index is 719. The van der Waals surface area contributed by atoms with E-state index in [1.165, 1.54) is 0 Å². The van der Waals surface area contributed by atoms with Crippen LogP contribution in [0.2, 0.25) is 0 Å². The molecule has 20 heavy (non-hydrogen) atoms. The lowest BCUT2D eigenvalue weighted by molar-refractivity contribution is 0.432. The van der Waals surface area contributed by atoms with E-state index in [1.807, 2.05) is 44.3 Å². The zero-order chi connectivity index (χ0) is 14.3. The van der Waals surface area contributed by atoms with Gasteiger partial charge in [0.2, 0.25) is 0 Å². The van der Waals surface area contributed by atoms with E-state index in [9.17, 15) is 10.2 Å². The summed E-state index contributed by atoms with van der Waals surface area (Å²) in [5, 5.41) is 25.6. The Kier molecular flexibility index (Phi) is 2.86. The molecule has 102 valence electrons. The Morgan fingerprint density at radius 1 is 1.05 bits per heavy atom. The topological polar surface area (TPSA) is 58.3 Å². The number of aromatic hydroxyl groups is 2. The first-order chi connectivity index (χ1) is 9.56. The Morgan fingerprint density at radius 2 is 1.70 bits per heavy atom. The molecule has 3 aromatic rings. The second kappa shape index (κ2) is 4.56. The Hall–Kier alpha value is -2.49. The molecule has 0 amide bonds. The van der Waals surface area contributed by atoms with Crippen LogP contribution in [0.25, 0.3) is 16.6 Å². The number of nitrogens with zero attached hydrogens (tertiary/aromatic N) is 2. The smallest absolute Gasteiger partial charge is 0.124 e. The summed E-state index contributed by atoms with van der Waals surface area (Å²) in [7, 11) is 0. The molecule has 2 N–H and O–H groups in total. The number of phenolic OH excluding ortho intramolecular Hbond substituents is 2. The average Bonchev–Trinajstić information content (AvgIpc) is 2.81. The molecule has 4 nitrogen and oxygen atoms in total. The van der Waals surface area contributed by atoms with Crippen molar-refractivity contribution in [3.8, 4) is 17.2 Å². The monoisotopic (exact) mass is 268 g/mol. The molecule has 1 heterocycles. The zero-order valence-corrected chi connectivity index (χ0v) is 11.4. The van der Waals surface area contributed by atoms with Gasteiger partial charge in [-0.15, -0.1) is 0 Å². The van der Waals surface area contributed by atoms with Crippen molar-refractivity contribution < 1.29 is 10.2 Å². The van der Waals surface area contributed by atoms with Crippen molar-refractivity contribution in [2.45, 2.75) is 19.8 Å². The maximum absolute atomic E-state index is 10.1. The minimum atomic E-state index is 0.0562.